The molecule has 0 atom stereocenters. The van der Waals surface area contributed by atoms with Gasteiger partial charge in [0.05, 0.1) is 5.56 Å². The van der Waals surface area contributed by atoms with Crippen LogP contribution in [0.15, 0.2) is 18.2 Å². The number of anilines is 1. The molecule has 0 unspecified atom stereocenters. The molecule has 0 bridgehead atoms. The molecule has 10 heteroatoms. The van der Waals surface area contributed by atoms with Gasteiger partial charge in [0.1, 0.15) is 0 Å². The number of halogens is 3. The molecule has 0 aliphatic carbocycles. The number of amides is 3. The maximum Gasteiger partial charge on any atom is 0.416 e. The summed E-state index contributed by atoms with van der Waals surface area (Å²) in [5.41, 5.74) is 4.66. The largest absolute Gasteiger partial charge is 0.416 e. The Kier molecular flexibility index (Phi) is 8.04. The van der Waals surface area contributed by atoms with Crippen molar-refractivity contribution < 1.29 is 27.6 Å². The van der Waals surface area contributed by atoms with Crippen molar-refractivity contribution >= 4 is 23.4 Å². The molecule has 0 heterocycles. The van der Waals surface area contributed by atoms with Gasteiger partial charge in [-0.2, -0.15) is 13.2 Å². The lowest BCUT2D eigenvalue weighted by atomic mass is 10.1. The number of hydrogen-bond acceptors (Lipinski definition) is 4. The normalized spacial score (nSPS) is 11.0. The molecular weight excluding hydrogens is 353 g/mol. The monoisotopic (exact) mass is 374 g/mol. The fraction of sp³-hybridized carbons (Fsp3) is 0.438. The van der Waals surface area contributed by atoms with Crippen molar-refractivity contribution in [1.82, 2.24) is 10.6 Å². The smallest absolute Gasteiger partial charge is 0.355 e. The van der Waals surface area contributed by atoms with Gasteiger partial charge in [-0.05, 0) is 23.8 Å². The number of carbonyl (C=O) groups is 3. The highest BCUT2D eigenvalue weighted by atomic mass is 19.4. The first-order valence-corrected chi connectivity index (χ1v) is 7.84. The minimum atomic E-state index is -4.56. The van der Waals surface area contributed by atoms with Crippen LogP contribution in [0, 0.1) is 0 Å². The zero-order valence-electron chi connectivity index (χ0n) is 14.2. The van der Waals surface area contributed by atoms with E-state index in [4.69, 9.17) is 5.73 Å². The van der Waals surface area contributed by atoms with Crippen LogP contribution in [0.2, 0.25) is 0 Å². The Balaban J connectivity index is 2.52. The van der Waals surface area contributed by atoms with Gasteiger partial charge in [0.2, 0.25) is 17.7 Å². The number of alkyl halides is 3. The van der Waals surface area contributed by atoms with Crippen LogP contribution < -0.4 is 21.7 Å². The lowest BCUT2D eigenvalue weighted by molar-refractivity contribution is -0.137. The van der Waals surface area contributed by atoms with Gasteiger partial charge in [-0.1, -0.05) is 0 Å². The molecular formula is C16H21F3N4O3. The highest BCUT2D eigenvalue weighted by molar-refractivity contribution is 5.93. The number of nitrogens with one attached hydrogen (secondary N) is 3. The third-order valence-corrected chi connectivity index (χ3v) is 3.24. The van der Waals surface area contributed by atoms with Crippen LogP contribution in [0.5, 0.6) is 0 Å². The molecule has 3 amide bonds. The van der Waals surface area contributed by atoms with E-state index in [1.165, 1.54) is 13.0 Å². The average Bonchev–Trinajstić information content (AvgIpc) is 2.55. The lowest BCUT2D eigenvalue weighted by Gasteiger charge is -2.12. The summed E-state index contributed by atoms with van der Waals surface area (Å²) in [7, 11) is 0. The van der Waals surface area contributed by atoms with Gasteiger partial charge in [-0.15, -0.1) is 0 Å². The number of benzene rings is 1. The third-order valence-electron chi connectivity index (χ3n) is 3.24. The molecule has 0 spiro atoms. The van der Waals surface area contributed by atoms with Gasteiger partial charge < -0.3 is 21.7 Å². The minimum absolute atomic E-state index is 0.0312. The first kappa shape index (κ1) is 21.4. The van der Waals surface area contributed by atoms with Gasteiger partial charge in [0.15, 0.2) is 0 Å². The van der Waals surface area contributed by atoms with E-state index < -0.39 is 23.6 Å². The Morgan fingerprint density at radius 1 is 1.00 bits per heavy atom. The number of rotatable bonds is 8. The quantitative estimate of drug-likeness (QED) is 0.511. The predicted molar refractivity (Wildman–Crippen MR) is 88.9 cm³/mol. The van der Waals surface area contributed by atoms with Crippen LogP contribution in [0.4, 0.5) is 18.9 Å². The van der Waals surface area contributed by atoms with E-state index in [1.807, 2.05) is 0 Å². The van der Waals surface area contributed by atoms with E-state index >= 15 is 0 Å². The molecule has 1 aromatic carbocycles. The van der Waals surface area contributed by atoms with Gasteiger partial charge in [0.25, 0.3) is 0 Å². The molecule has 5 N–H and O–H groups in total. The number of carbonyl (C=O) groups excluding carboxylic acids is 3. The average molecular weight is 374 g/mol. The lowest BCUT2D eigenvalue weighted by Crippen LogP contribution is -2.33. The molecule has 0 aromatic heterocycles. The zero-order chi connectivity index (χ0) is 19.7. The van der Waals surface area contributed by atoms with Crippen molar-refractivity contribution in [3.8, 4) is 0 Å². The highest BCUT2D eigenvalue weighted by Crippen LogP contribution is 2.32. The van der Waals surface area contributed by atoms with Gasteiger partial charge in [-0.3, -0.25) is 14.4 Å². The Labute approximate surface area is 148 Å². The van der Waals surface area contributed by atoms with Gasteiger partial charge in [-0.25, -0.2) is 0 Å². The molecule has 0 saturated carbocycles. The maximum atomic E-state index is 12.8. The SMILES string of the molecule is CC(=O)NCCNC(=O)CCC(=O)Nc1cc(CN)cc(C(F)(F)F)c1. The molecule has 1 rings (SSSR count). The topological polar surface area (TPSA) is 113 Å². The summed E-state index contributed by atoms with van der Waals surface area (Å²) in [5, 5.41) is 7.33. The fourth-order valence-corrected chi connectivity index (χ4v) is 2.03. The van der Waals surface area contributed by atoms with Crippen molar-refractivity contribution in [2.24, 2.45) is 5.73 Å². The second kappa shape index (κ2) is 9.76. The maximum absolute atomic E-state index is 12.8. The summed E-state index contributed by atoms with van der Waals surface area (Å²) in [5.74, 6) is -1.22. The van der Waals surface area contributed by atoms with E-state index in [0.29, 0.717) is 0 Å². The van der Waals surface area contributed by atoms with E-state index in [0.717, 1.165) is 12.1 Å². The van der Waals surface area contributed by atoms with Crippen molar-refractivity contribution in [2.75, 3.05) is 18.4 Å². The van der Waals surface area contributed by atoms with Crippen molar-refractivity contribution in [3.63, 3.8) is 0 Å². The number of hydrogen-bond donors (Lipinski definition) is 4. The molecule has 7 nitrogen and oxygen atoms in total. The Morgan fingerprint density at radius 2 is 1.62 bits per heavy atom. The molecule has 0 aliphatic heterocycles. The molecule has 0 saturated heterocycles. The first-order valence-electron chi connectivity index (χ1n) is 7.84. The van der Waals surface area contributed by atoms with Crippen LogP contribution in [0.1, 0.15) is 30.9 Å². The fourth-order valence-electron chi connectivity index (χ4n) is 2.03. The van der Waals surface area contributed by atoms with Crippen LogP contribution in [-0.2, 0) is 27.1 Å². The number of nitrogens with two attached hydrogens (primary N) is 1. The molecule has 0 fully saturated rings. The molecule has 0 aliphatic rings. The second-order valence-electron chi connectivity index (χ2n) is 5.50. The summed E-state index contributed by atoms with van der Waals surface area (Å²) < 4.78 is 38.5. The molecule has 0 radical (unpaired) electrons. The van der Waals surface area contributed by atoms with E-state index in [2.05, 4.69) is 16.0 Å². The minimum Gasteiger partial charge on any atom is -0.355 e. The Hall–Kier alpha value is -2.62. The van der Waals surface area contributed by atoms with E-state index in [1.54, 1.807) is 0 Å². The Bertz CT molecular complexity index is 663. The van der Waals surface area contributed by atoms with Crippen molar-refractivity contribution in [1.29, 1.82) is 0 Å². The summed E-state index contributed by atoms with van der Waals surface area (Å²) in [6, 6.07) is 3.07. The predicted octanol–water partition coefficient (Wildman–Crippen LogP) is 1.14. The van der Waals surface area contributed by atoms with E-state index in [-0.39, 0.29) is 49.6 Å². The zero-order valence-corrected chi connectivity index (χ0v) is 14.2. The third kappa shape index (κ3) is 7.97. The molecule has 144 valence electrons. The van der Waals surface area contributed by atoms with Crippen molar-refractivity contribution in [3.05, 3.63) is 29.3 Å². The molecule has 1 aromatic rings. The summed E-state index contributed by atoms with van der Waals surface area (Å²) >= 11 is 0. The summed E-state index contributed by atoms with van der Waals surface area (Å²) in [4.78, 5) is 34.1. The first-order chi connectivity index (χ1) is 12.1. The second-order valence-corrected chi connectivity index (χ2v) is 5.50. The van der Waals surface area contributed by atoms with Crippen LogP contribution in [0.3, 0.4) is 0 Å². The van der Waals surface area contributed by atoms with Crippen LogP contribution >= 0.6 is 0 Å². The standard InChI is InChI=1S/C16H21F3N4O3/c1-10(24)21-4-5-22-14(25)2-3-15(26)23-13-7-11(9-20)6-12(8-13)16(17,18)19/h6-8H,2-5,9,20H2,1H3,(H,21,24)(H,22,25)(H,23,26). The Morgan fingerprint density at radius 3 is 2.19 bits per heavy atom. The van der Waals surface area contributed by atoms with Gasteiger partial charge >= 0.3 is 6.18 Å². The van der Waals surface area contributed by atoms with Crippen molar-refractivity contribution in [2.45, 2.75) is 32.5 Å². The van der Waals surface area contributed by atoms with E-state index in [9.17, 15) is 27.6 Å². The van der Waals surface area contributed by atoms with Crippen LogP contribution in [-0.4, -0.2) is 30.8 Å². The van der Waals surface area contributed by atoms with Crippen LogP contribution in [0.25, 0.3) is 0 Å². The van der Waals surface area contributed by atoms with Gasteiger partial charge in [0, 0.05) is 45.1 Å². The highest BCUT2D eigenvalue weighted by Gasteiger charge is 2.31. The summed E-state index contributed by atoms with van der Waals surface area (Å²) in [6.07, 6.45) is -4.88. The summed E-state index contributed by atoms with van der Waals surface area (Å²) in [6.45, 7) is 1.71. The molecule has 26 heavy (non-hydrogen) atoms.